The zero-order valence-corrected chi connectivity index (χ0v) is 7.36. The first kappa shape index (κ1) is 7.25. The molecule has 0 atom stereocenters. The highest BCUT2D eigenvalue weighted by Crippen LogP contribution is 2.49. The summed E-state index contributed by atoms with van der Waals surface area (Å²) in [4.78, 5) is 5.46. The summed E-state index contributed by atoms with van der Waals surface area (Å²) < 4.78 is 5.17. The van der Waals surface area contributed by atoms with Gasteiger partial charge in [0.15, 0.2) is 0 Å². The molecule has 1 heterocycles. The third-order valence-corrected chi connectivity index (χ3v) is 3.25. The Morgan fingerprint density at radius 2 is 2.55 bits per heavy atom. The summed E-state index contributed by atoms with van der Waals surface area (Å²) in [5, 5.41) is 0. The normalized spacial score (nSPS) is 20.1. The van der Waals surface area contributed by atoms with Gasteiger partial charge in [-0.1, -0.05) is 0 Å². The van der Waals surface area contributed by atoms with E-state index >= 15 is 0 Å². The molecular weight excluding hydrogens is 158 g/mol. The van der Waals surface area contributed by atoms with E-state index in [0.717, 1.165) is 6.61 Å². The molecule has 1 aromatic rings. The Hall–Kier alpha value is -0.410. The molecule has 60 valence electrons. The molecule has 1 aromatic heterocycles. The van der Waals surface area contributed by atoms with Gasteiger partial charge in [0.25, 0.3) is 0 Å². The minimum atomic E-state index is 0.357. The van der Waals surface area contributed by atoms with E-state index in [1.54, 1.807) is 18.4 Å². The van der Waals surface area contributed by atoms with Crippen LogP contribution in [-0.4, -0.2) is 18.7 Å². The van der Waals surface area contributed by atoms with Gasteiger partial charge in [0, 0.05) is 23.6 Å². The van der Waals surface area contributed by atoms with Crippen LogP contribution in [0.25, 0.3) is 0 Å². The van der Waals surface area contributed by atoms with Crippen molar-refractivity contribution < 1.29 is 4.74 Å². The Bertz CT molecular complexity index is 228. The smallest absolute Gasteiger partial charge is 0.0794 e. The van der Waals surface area contributed by atoms with Gasteiger partial charge in [-0.05, 0) is 12.8 Å². The van der Waals surface area contributed by atoms with Crippen LogP contribution >= 0.6 is 11.3 Å². The van der Waals surface area contributed by atoms with E-state index in [1.807, 2.05) is 11.7 Å². The number of hydrogen-bond acceptors (Lipinski definition) is 3. The molecule has 0 aromatic carbocycles. The molecule has 0 saturated heterocycles. The van der Waals surface area contributed by atoms with Crippen LogP contribution in [0, 0.1) is 0 Å². The number of methoxy groups -OCH3 is 1. The molecule has 3 heteroatoms. The molecule has 0 radical (unpaired) electrons. The second-order valence-corrected chi connectivity index (χ2v) is 3.97. The molecule has 1 fully saturated rings. The fourth-order valence-corrected chi connectivity index (χ4v) is 2.24. The minimum absolute atomic E-state index is 0.357. The van der Waals surface area contributed by atoms with Gasteiger partial charge in [-0.15, -0.1) is 11.3 Å². The van der Waals surface area contributed by atoms with Gasteiger partial charge in [0.2, 0.25) is 0 Å². The Morgan fingerprint density at radius 3 is 3.00 bits per heavy atom. The van der Waals surface area contributed by atoms with Crippen LogP contribution in [0.2, 0.25) is 0 Å². The molecule has 0 aliphatic heterocycles. The van der Waals surface area contributed by atoms with Gasteiger partial charge < -0.3 is 4.74 Å². The summed E-state index contributed by atoms with van der Waals surface area (Å²) in [5.41, 5.74) is 2.25. The average Bonchev–Trinajstić information content (AvgIpc) is 2.63. The fraction of sp³-hybridized carbons (Fsp3) is 0.625. The Labute approximate surface area is 70.2 Å². The van der Waals surface area contributed by atoms with Crippen LogP contribution in [0.5, 0.6) is 0 Å². The van der Waals surface area contributed by atoms with Gasteiger partial charge >= 0.3 is 0 Å². The molecule has 2 rings (SSSR count). The molecule has 0 unspecified atom stereocenters. The predicted octanol–water partition coefficient (Wildman–Crippen LogP) is 1.82. The molecule has 11 heavy (non-hydrogen) atoms. The molecule has 1 aliphatic carbocycles. The molecule has 0 N–H and O–H groups in total. The van der Waals surface area contributed by atoms with E-state index < -0.39 is 0 Å². The van der Waals surface area contributed by atoms with Crippen LogP contribution in [0.1, 0.15) is 17.7 Å². The van der Waals surface area contributed by atoms with Crippen molar-refractivity contribution in [3.8, 4) is 0 Å². The van der Waals surface area contributed by atoms with Gasteiger partial charge in [-0.3, -0.25) is 4.98 Å². The molecule has 0 spiro atoms. The topological polar surface area (TPSA) is 22.1 Å². The average molecular weight is 169 g/mol. The SMILES string of the molecule is COCC1(c2cncs2)CC1. The summed E-state index contributed by atoms with van der Waals surface area (Å²) in [6.07, 6.45) is 4.50. The quantitative estimate of drug-likeness (QED) is 0.688. The van der Waals surface area contributed by atoms with Crippen molar-refractivity contribution in [1.82, 2.24) is 4.98 Å². The fourth-order valence-electron chi connectivity index (χ4n) is 1.37. The summed E-state index contributed by atoms with van der Waals surface area (Å²) >= 11 is 1.74. The lowest BCUT2D eigenvalue weighted by Crippen LogP contribution is -2.11. The van der Waals surface area contributed by atoms with E-state index in [0.29, 0.717) is 5.41 Å². The van der Waals surface area contributed by atoms with Crippen molar-refractivity contribution in [3.63, 3.8) is 0 Å². The maximum atomic E-state index is 5.17. The number of thiazole rings is 1. The van der Waals surface area contributed by atoms with Crippen LogP contribution < -0.4 is 0 Å². The highest BCUT2D eigenvalue weighted by Gasteiger charge is 2.45. The third kappa shape index (κ3) is 1.19. The van der Waals surface area contributed by atoms with Crippen molar-refractivity contribution in [3.05, 3.63) is 16.6 Å². The van der Waals surface area contributed by atoms with E-state index in [-0.39, 0.29) is 0 Å². The lowest BCUT2D eigenvalue weighted by molar-refractivity contribution is 0.172. The van der Waals surface area contributed by atoms with Crippen molar-refractivity contribution in [2.24, 2.45) is 0 Å². The van der Waals surface area contributed by atoms with E-state index in [4.69, 9.17) is 4.74 Å². The maximum absolute atomic E-state index is 5.17. The van der Waals surface area contributed by atoms with Crippen LogP contribution in [0.3, 0.4) is 0 Å². The zero-order chi connectivity index (χ0) is 7.73. The van der Waals surface area contributed by atoms with Crippen molar-refractivity contribution >= 4 is 11.3 Å². The Kier molecular flexibility index (Phi) is 1.69. The maximum Gasteiger partial charge on any atom is 0.0794 e. The molecule has 1 saturated carbocycles. The lowest BCUT2D eigenvalue weighted by atomic mass is 10.1. The minimum Gasteiger partial charge on any atom is -0.384 e. The van der Waals surface area contributed by atoms with E-state index in [9.17, 15) is 0 Å². The van der Waals surface area contributed by atoms with Crippen molar-refractivity contribution in [2.45, 2.75) is 18.3 Å². The van der Waals surface area contributed by atoms with Crippen LogP contribution in [-0.2, 0) is 10.2 Å². The summed E-state index contributed by atoms with van der Waals surface area (Å²) in [7, 11) is 1.76. The monoisotopic (exact) mass is 169 g/mol. The first-order chi connectivity index (χ1) is 5.37. The van der Waals surface area contributed by atoms with Crippen molar-refractivity contribution in [2.75, 3.05) is 13.7 Å². The highest BCUT2D eigenvalue weighted by molar-refractivity contribution is 7.09. The standard InChI is InChI=1S/C8H11NOS/c1-10-5-8(2-3-8)7-4-9-6-11-7/h4,6H,2-3,5H2,1H3. The largest absolute Gasteiger partial charge is 0.384 e. The zero-order valence-electron chi connectivity index (χ0n) is 6.54. The predicted molar refractivity (Wildman–Crippen MR) is 44.9 cm³/mol. The molecule has 2 nitrogen and oxygen atoms in total. The lowest BCUT2D eigenvalue weighted by Gasteiger charge is -2.09. The molecule has 0 amide bonds. The Balaban J connectivity index is 2.15. The summed E-state index contributed by atoms with van der Waals surface area (Å²) in [6, 6.07) is 0. The third-order valence-electron chi connectivity index (χ3n) is 2.23. The van der Waals surface area contributed by atoms with Crippen LogP contribution in [0.15, 0.2) is 11.7 Å². The summed E-state index contributed by atoms with van der Waals surface area (Å²) in [6.45, 7) is 0.856. The van der Waals surface area contributed by atoms with Gasteiger partial charge in [0.05, 0.1) is 12.1 Å². The van der Waals surface area contributed by atoms with Crippen LogP contribution in [0.4, 0.5) is 0 Å². The second kappa shape index (κ2) is 2.57. The molecule has 1 aliphatic rings. The summed E-state index contributed by atoms with van der Waals surface area (Å²) in [5.74, 6) is 0. The van der Waals surface area contributed by atoms with Gasteiger partial charge in [-0.2, -0.15) is 0 Å². The van der Waals surface area contributed by atoms with Crippen molar-refractivity contribution in [1.29, 1.82) is 0 Å². The van der Waals surface area contributed by atoms with Gasteiger partial charge in [-0.25, -0.2) is 0 Å². The number of nitrogens with zero attached hydrogens (tertiary/aromatic N) is 1. The Morgan fingerprint density at radius 1 is 1.73 bits per heavy atom. The molecule has 0 bridgehead atoms. The number of ether oxygens (including phenoxy) is 1. The number of rotatable bonds is 3. The van der Waals surface area contributed by atoms with Gasteiger partial charge in [0.1, 0.15) is 0 Å². The van der Waals surface area contributed by atoms with E-state index in [1.165, 1.54) is 17.7 Å². The first-order valence-corrected chi connectivity index (χ1v) is 4.63. The second-order valence-electron chi connectivity index (χ2n) is 3.08. The first-order valence-electron chi connectivity index (χ1n) is 3.75. The van der Waals surface area contributed by atoms with E-state index in [2.05, 4.69) is 4.98 Å². The number of aromatic nitrogens is 1. The number of hydrogen-bond donors (Lipinski definition) is 0. The molecular formula is C8H11NOS. The highest BCUT2D eigenvalue weighted by atomic mass is 32.1.